The fraction of sp³-hybridized carbons (Fsp3) is 0.238. The molecular formula is C21H20F3N3O7. The number of ether oxygens (including phenoxy) is 3. The Morgan fingerprint density at radius 1 is 0.824 bits per heavy atom. The van der Waals surface area contributed by atoms with Gasteiger partial charge in [0.25, 0.3) is 11.8 Å². The molecule has 0 aliphatic rings. The molecule has 2 aromatic rings. The quantitative estimate of drug-likeness (QED) is 0.341. The predicted molar refractivity (Wildman–Crippen MR) is 111 cm³/mol. The van der Waals surface area contributed by atoms with Crippen molar-refractivity contribution in [3.05, 3.63) is 53.3 Å². The van der Waals surface area contributed by atoms with Gasteiger partial charge in [-0.05, 0) is 24.3 Å². The van der Waals surface area contributed by atoms with Crippen molar-refractivity contribution in [1.29, 1.82) is 0 Å². The van der Waals surface area contributed by atoms with Crippen LogP contribution in [0, 0.1) is 17.5 Å². The van der Waals surface area contributed by atoms with Crippen molar-refractivity contribution in [3.8, 4) is 11.5 Å². The first-order valence-electron chi connectivity index (χ1n) is 9.51. The zero-order valence-electron chi connectivity index (χ0n) is 18.0. The Morgan fingerprint density at radius 2 is 1.47 bits per heavy atom. The summed E-state index contributed by atoms with van der Waals surface area (Å²) >= 11 is 0. The number of anilines is 1. The van der Waals surface area contributed by atoms with Crippen LogP contribution in [0.25, 0.3) is 0 Å². The molecule has 0 saturated heterocycles. The summed E-state index contributed by atoms with van der Waals surface area (Å²) in [4.78, 5) is 47.4. The van der Waals surface area contributed by atoms with E-state index in [2.05, 4.69) is 15.4 Å². The third kappa shape index (κ3) is 7.39. The Balaban J connectivity index is 1.74. The van der Waals surface area contributed by atoms with Crippen molar-refractivity contribution in [2.75, 3.05) is 39.2 Å². The minimum atomic E-state index is -1.76. The maximum absolute atomic E-state index is 13.5. The molecule has 34 heavy (non-hydrogen) atoms. The normalized spacial score (nSPS) is 10.1. The molecule has 0 saturated carbocycles. The van der Waals surface area contributed by atoms with Gasteiger partial charge in [0.15, 0.2) is 24.1 Å². The number of rotatable bonds is 10. The van der Waals surface area contributed by atoms with Gasteiger partial charge in [-0.3, -0.25) is 19.2 Å². The van der Waals surface area contributed by atoms with Crippen LogP contribution in [0.15, 0.2) is 30.3 Å². The third-order valence-electron chi connectivity index (χ3n) is 4.13. The molecule has 3 amide bonds. The molecule has 0 heterocycles. The van der Waals surface area contributed by atoms with Gasteiger partial charge in [0.05, 0.1) is 26.5 Å². The van der Waals surface area contributed by atoms with E-state index in [0.29, 0.717) is 17.6 Å². The van der Waals surface area contributed by atoms with Crippen LogP contribution < -0.4 is 25.4 Å². The van der Waals surface area contributed by atoms with E-state index in [1.165, 1.54) is 26.4 Å². The van der Waals surface area contributed by atoms with Gasteiger partial charge in [-0.1, -0.05) is 0 Å². The number of amides is 3. The van der Waals surface area contributed by atoms with E-state index < -0.39 is 66.5 Å². The molecule has 13 heteroatoms. The van der Waals surface area contributed by atoms with Crippen LogP contribution in [0.5, 0.6) is 11.5 Å². The van der Waals surface area contributed by atoms with Crippen molar-refractivity contribution in [1.82, 2.24) is 10.6 Å². The van der Waals surface area contributed by atoms with E-state index in [1.807, 2.05) is 5.32 Å². The van der Waals surface area contributed by atoms with E-state index in [-0.39, 0.29) is 5.56 Å². The van der Waals surface area contributed by atoms with Gasteiger partial charge < -0.3 is 30.2 Å². The summed E-state index contributed by atoms with van der Waals surface area (Å²) in [6.07, 6.45) is 0. The molecule has 0 fully saturated rings. The maximum Gasteiger partial charge on any atom is 0.325 e. The van der Waals surface area contributed by atoms with Crippen molar-refractivity contribution in [2.45, 2.75) is 0 Å². The predicted octanol–water partition coefficient (Wildman–Crippen LogP) is 1.15. The number of carbonyl (C=O) groups excluding carboxylic acids is 4. The van der Waals surface area contributed by atoms with E-state index in [4.69, 9.17) is 9.47 Å². The molecule has 2 rings (SSSR count). The highest BCUT2D eigenvalue weighted by atomic mass is 19.2. The van der Waals surface area contributed by atoms with Crippen LogP contribution in [0.1, 0.15) is 10.4 Å². The molecule has 2 aromatic carbocycles. The van der Waals surface area contributed by atoms with Crippen molar-refractivity contribution in [3.63, 3.8) is 0 Å². The average Bonchev–Trinajstić information content (AvgIpc) is 2.84. The van der Waals surface area contributed by atoms with Crippen LogP contribution >= 0.6 is 0 Å². The minimum Gasteiger partial charge on any atom is -0.497 e. The Labute approximate surface area is 191 Å². The lowest BCUT2D eigenvalue weighted by Gasteiger charge is -2.10. The topological polar surface area (TPSA) is 132 Å². The van der Waals surface area contributed by atoms with E-state index in [1.54, 1.807) is 6.07 Å². The number of benzene rings is 2. The summed E-state index contributed by atoms with van der Waals surface area (Å²) in [7, 11) is 2.81. The number of hydrogen-bond donors (Lipinski definition) is 3. The Bertz CT molecular complexity index is 1070. The first-order valence-corrected chi connectivity index (χ1v) is 9.51. The number of halogens is 3. The molecule has 0 unspecified atom stereocenters. The summed E-state index contributed by atoms with van der Waals surface area (Å²) < 4.78 is 54.4. The van der Waals surface area contributed by atoms with Gasteiger partial charge >= 0.3 is 5.97 Å². The molecule has 0 aliphatic heterocycles. The van der Waals surface area contributed by atoms with Gasteiger partial charge in [0.1, 0.15) is 18.0 Å². The number of hydrogen-bond acceptors (Lipinski definition) is 7. The summed E-state index contributed by atoms with van der Waals surface area (Å²) in [6.45, 7) is -1.99. The fourth-order valence-electron chi connectivity index (χ4n) is 2.44. The Hall–Kier alpha value is -4.29. The largest absolute Gasteiger partial charge is 0.497 e. The van der Waals surface area contributed by atoms with E-state index in [9.17, 15) is 32.3 Å². The van der Waals surface area contributed by atoms with Gasteiger partial charge in [0, 0.05) is 11.6 Å². The lowest BCUT2D eigenvalue weighted by Crippen LogP contribution is -2.37. The number of esters is 1. The average molecular weight is 483 g/mol. The summed E-state index contributed by atoms with van der Waals surface area (Å²) in [6, 6.07) is 5.83. The maximum atomic E-state index is 13.5. The van der Waals surface area contributed by atoms with Crippen molar-refractivity contribution < 1.29 is 46.6 Å². The highest BCUT2D eigenvalue weighted by Gasteiger charge is 2.16. The summed E-state index contributed by atoms with van der Waals surface area (Å²) in [5.41, 5.74) is -0.459. The van der Waals surface area contributed by atoms with Crippen LogP contribution in [0.4, 0.5) is 18.9 Å². The molecule has 182 valence electrons. The molecule has 0 bridgehead atoms. The molecule has 10 nitrogen and oxygen atoms in total. The zero-order chi connectivity index (χ0) is 25.3. The molecule has 0 spiro atoms. The Morgan fingerprint density at radius 3 is 2.09 bits per heavy atom. The minimum absolute atomic E-state index is 0.158. The number of methoxy groups -OCH3 is 2. The number of nitrogens with one attached hydrogen (secondary N) is 3. The summed E-state index contributed by atoms with van der Waals surface area (Å²) in [5.74, 6) is -7.44. The number of carbonyl (C=O) groups is 4. The van der Waals surface area contributed by atoms with Gasteiger partial charge in [0.2, 0.25) is 5.91 Å². The Kier molecular flexibility index (Phi) is 9.23. The molecule has 3 N–H and O–H groups in total. The molecular weight excluding hydrogens is 463 g/mol. The molecule has 0 aromatic heterocycles. The van der Waals surface area contributed by atoms with Crippen LogP contribution in [0.2, 0.25) is 0 Å². The van der Waals surface area contributed by atoms with Crippen LogP contribution in [-0.4, -0.2) is 57.6 Å². The first-order chi connectivity index (χ1) is 16.1. The zero-order valence-corrected chi connectivity index (χ0v) is 18.0. The second kappa shape index (κ2) is 12.1. The second-order valence-electron chi connectivity index (χ2n) is 6.49. The molecule has 0 atom stereocenters. The third-order valence-corrected chi connectivity index (χ3v) is 4.13. The van der Waals surface area contributed by atoms with Gasteiger partial charge in [-0.25, -0.2) is 13.2 Å². The molecule has 0 aliphatic carbocycles. The standard InChI is InChI=1S/C21H20F3N3O7/c1-32-12-5-11(6-13(7-12)33-2)21(31)26-9-18(30)34-10-17(29)25-8-16(28)27-15-4-3-14(22)19(23)20(15)24/h3-7H,8-10H2,1-2H3,(H,25,29)(H,26,31)(H,27,28). The van der Waals surface area contributed by atoms with Crippen LogP contribution in [-0.2, 0) is 19.1 Å². The first kappa shape index (κ1) is 26.0. The monoisotopic (exact) mass is 483 g/mol. The van der Waals surface area contributed by atoms with Crippen molar-refractivity contribution in [2.24, 2.45) is 0 Å². The fourth-order valence-corrected chi connectivity index (χ4v) is 2.44. The van der Waals surface area contributed by atoms with Gasteiger partial charge in [-0.2, -0.15) is 0 Å². The lowest BCUT2D eigenvalue weighted by molar-refractivity contribution is -0.147. The van der Waals surface area contributed by atoms with Crippen LogP contribution in [0.3, 0.4) is 0 Å². The summed E-state index contributed by atoms with van der Waals surface area (Å²) in [5, 5.41) is 6.34. The second-order valence-corrected chi connectivity index (χ2v) is 6.49. The van der Waals surface area contributed by atoms with Crippen molar-refractivity contribution >= 4 is 29.4 Å². The molecule has 0 radical (unpaired) electrons. The van der Waals surface area contributed by atoms with Gasteiger partial charge in [-0.15, -0.1) is 0 Å². The highest BCUT2D eigenvalue weighted by molar-refractivity contribution is 5.97. The smallest absolute Gasteiger partial charge is 0.325 e. The lowest BCUT2D eigenvalue weighted by atomic mass is 10.2. The highest BCUT2D eigenvalue weighted by Crippen LogP contribution is 2.22. The SMILES string of the molecule is COc1cc(OC)cc(C(=O)NCC(=O)OCC(=O)NCC(=O)Nc2ccc(F)c(F)c2F)c1. The van der Waals surface area contributed by atoms with E-state index >= 15 is 0 Å². The van der Waals surface area contributed by atoms with E-state index in [0.717, 1.165) is 6.07 Å².